The van der Waals surface area contributed by atoms with Crippen molar-refractivity contribution in [3.63, 3.8) is 0 Å². The standard InChI is InChI=1S/C11H12ClN5/c1-17(2)11-15-9(12)14-10(16-11)13-8-6-4-3-5-7-8/h3-7H,1-2H3,(H,13,14,15,16). The lowest BCUT2D eigenvalue weighted by Gasteiger charge is -2.11. The molecule has 1 aromatic heterocycles. The number of para-hydroxylation sites is 1. The van der Waals surface area contributed by atoms with Crippen LogP contribution in [0.2, 0.25) is 5.28 Å². The molecule has 0 unspecified atom stereocenters. The first-order chi connectivity index (χ1) is 8.15. The molecule has 0 radical (unpaired) electrons. The van der Waals surface area contributed by atoms with Crippen molar-refractivity contribution in [2.75, 3.05) is 24.3 Å². The Hall–Kier alpha value is -1.88. The number of benzene rings is 1. The molecule has 1 N–H and O–H groups in total. The van der Waals surface area contributed by atoms with Gasteiger partial charge in [-0.15, -0.1) is 0 Å². The van der Waals surface area contributed by atoms with Crippen molar-refractivity contribution >= 4 is 29.2 Å². The monoisotopic (exact) mass is 249 g/mol. The number of hydrogen-bond donors (Lipinski definition) is 1. The molecule has 6 heteroatoms. The fraction of sp³-hybridized carbons (Fsp3) is 0.182. The predicted octanol–water partition coefficient (Wildman–Crippen LogP) is 2.33. The first-order valence-corrected chi connectivity index (χ1v) is 5.44. The first kappa shape index (κ1) is 11.6. The molecular formula is C11H12ClN5. The van der Waals surface area contributed by atoms with Gasteiger partial charge >= 0.3 is 0 Å². The van der Waals surface area contributed by atoms with E-state index in [1.165, 1.54) is 0 Å². The van der Waals surface area contributed by atoms with E-state index in [-0.39, 0.29) is 5.28 Å². The van der Waals surface area contributed by atoms with Gasteiger partial charge in [-0.3, -0.25) is 0 Å². The molecule has 5 nitrogen and oxygen atoms in total. The van der Waals surface area contributed by atoms with Crippen LogP contribution in [0.1, 0.15) is 0 Å². The maximum atomic E-state index is 5.83. The van der Waals surface area contributed by atoms with Gasteiger partial charge in [0, 0.05) is 19.8 Å². The summed E-state index contributed by atoms with van der Waals surface area (Å²) in [5.41, 5.74) is 0.902. The molecule has 0 atom stereocenters. The summed E-state index contributed by atoms with van der Waals surface area (Å²) in [7, 11) is 3.69. The van der Waals surface area contributed by atoms with Crippen LogP contribution in [-0.4, -0.2) is 29.0 Å². The molecule has 0 aliphatic carbocycles. The van der Waals surface area contributed by atoms with Gasteiger partial charge in [-0.1, -0.05) is 18.2 Å². The third-order valence-corrected chi connectivity index (χ3v) is 2.20. The van der Waals surface area contributed by atoms with Crippen LogP contribution < -0.4 is 10.2 Å². The number of nitrogens with zero attached hydrogens (tertiary/aromatic N) is 4. The Morgan fingerprint density at radius 3 is 2.41 bits per heavy atom. The molecule has 0 saturated carbocycles. The lowest BCUT2D eigenvalue weighted by molar-refractivity contribution is 0.961. The molecule has 17 heavy (non-hydrogen) atoms. The lowest BCUT2D eigenvalue weighted by Crippen LogP contribution is -2.14. The number of nitrogens with one attached hydrogen (secondary N) is 1. The number of halogens is 1. The van der Waals surface area contributed by atoms with Gasteiger partial charge in [-0.05, 0) is 23.7 Å². The highest BCUT2D eigenvalue weighted by Crippen LogP contribution is 2.16. The Morgan fingerprint density at radius 2 is 1.76 bits per heavy atom. The highest BCUT2D eigenvalue weighted by atomic mass is 35.5. The normalized spacial score (nSPS) is 10.1. The molecule has 0 aliphatic heterocycles. The molecule has 2 aromatic rings. The second-order valence-corrected chi connectivity index (χ2v) is 3.95. The van der Waals surface area contributed by atoms with E-state index >= 15 is 0 Å². The summed E-state index contributed by atoms with van der Waals surface area (Å²) in [6, 6.07) is 9.65. The summed E-state index contributed by atoms with van der Waals surface area (Å²) >= 11 is 5.83. The van der Waals surface area contributed by atoms with Crippen molar-refractivity contribution < 1.29 is 0 Å². The maximum Gasteiger partial charge on any atom is 0.233 e. The van der Waals surface area contributed by atoms with E-state index in [9.17, 15) is 0 Å². The SMILES string of the molecule is CN(C)c1nc(Cl)nc(Nc2ccccc2)n1. The zero-order valence-electron chi connectivity index (χ0n) is 9.55. The van der Waals surface area contributed by atoms with Gasteiger partial charge < -0.3 is 10.2 Å². The van der Waals surface area contributed by atoms with Crippen molar-refractivity contribution in [2.45, 2.75) is 0 Å². The van der Waals surface area contributed by atoms with Gasteiger partial charge in [0.1, 0.15) is 0 Å². The van der Waals surface area contributed by atoms with Crippen molar-refractivity contribution in [1.29, 1.82) is 0 Å². The molecule has 0 saturated heterocycles. The van der Waals surface area contributed by atoms with E-state index in [0.29, 0.717) is 11.9 Å². The third-order valence-electron chi connectivity index (χ3n) is 2.03. The number of rotatable bonds is 3. The third kappa shape index (κ3) is 3.04. The smallest absolute Gasteiger partial charge is 0.233 e. The predicted molar refractivity (Wildman–Crippen MR) is 68.9 cm³/mol. The lowest BCUT2D eigenvalue weighted by atomic mass is 10.3. The van der Waals surface area contributed by atoms with Gasteiger partial charge in [-0.2, -0.15) is 15.0 Å². The molecule has 1 heterocycles. The van der Waals surface area contributed by atoms with Gasteiger partial charge in [0.2, 0.25) is 17.2 Å². The van der Waals surface area contributed by atoms with E-state index in [4.69, 9.17) is 11.6 Å². The van der Waals surface area contributed by atoms with Gasteiger partial charge in [0.25, 0.3) is 0 Å². The van der Waals surface area contributed by atoms with Gasteiger partial charge in [0.05, 0.1) is 0 Å². The fourth-order valence-electron chi connectivity index (χ4n) is 1.25. The van der Waals surface area contributed by atoms with Crippen LogP contribution in [0.4, 0.5) is 17.6 Å². The molecular weight excluding hydrogens is 238 g/mol. The minimum absolute atomic E-state index is 0.169. The minimum Gasteiger partial charge on any atom is -0.347 e. The van der Waals surface area contributed by atoms with Crippen molar-refractivity contribution in [3.8, 4) is 0 Å². The number of anilines is 3. The zero-order chi connectivity index (χ0) is 12.3. The van der Waals surface area contributed by atoms with Crippen LogP contribution in [-0.2, 0) is 0 Å². The van der Waals surface area contributed by atoms with Crippen LogP contribution in [0.15, 0.2) is 30.3 Å². The minimum atomic E-state index is 0.169. The molecule has 0 spiro atoms. The van der Waals surface area contributed by atoms with E-state index in [2.05, 4.69) is 20.3 Å². The Morgan fingerprint density at radius 1 is 1.06 bits per heavy atom. The number of aromatic nitrogens is 3. The highest BCUT2D eigenvalue weighted by Gasteiger charge is 2.06. The summed E-state index contributed by atoms with van der Waals surface area (Å²) in [6.45, 7) is 0. The summed E-state index contributed by atoms with van der Waals surface area (Å²) in [6.07, 6.45) is 0. The molecule has 0 aliphatic rings. The average molecular weight is 250 g/mol. The molecule has 0 fully saturated rings. The van der Waals surface area contributed by atoms with Crippen LogP contribution in [0.3, 0.4) is 0 Å². The Bertz CT molecular complexity index is 500. The highest BCUT2D eigenvalue weighted by molar-refractivity contribution is 6.28. The van der Waals surface area contributed by atoms with Crippen molar-refractivity contribution in [2.24, 2.45) is 0 Å². The Labute approximate surface area is 104 Å². The van der Waals surface area contributed by atoms with Gasteiger partial charge in [-0.25, -0.2) is 0 Å². The zero-order valence-corrected chi connectivity index (χ0v) is 10.3. The van der Waals surface area contributed by atoms with E-state index < -0.39 is 0 Å². The summed E-state index contributed by atoms with van der Waals surface area (Å²) in [5, 5.41) is 3.24. The van der Waals surface area contributed by atoms with Crippen molar-refractivity contribution in [1.82, 2.24) is 15.0 Å². The molecule has 0 bridgehead atoms. The average Bonchev–Trinajstić information content (AvgIpc) is 2.29. The summed E-state index contributed by atoms with van der Waals surface area (Å²) in [4.78, 5) is 14.0. The maximum absolute atomic E-state index is 5.83. The van der Waals surface area contributed by atoms with Crippen LogP contribution in [0.5, 0.6) is 0 Å². The second kappa shape index (κ2) is 4.97. The topological polar surface area (TPSA) is 53.9 Å². The first-order valence-electron chi connectivity index (χ1n) is 5.06. The van der Waals surface area contributed by atoms with Crippen LogP contribution in [0, 0.1) is 0 Å². The van der Waals surface area contributed by atoms with Crippen LogP contribution in [0.25, 0.3) is 0 Å². The largest absolute Gasteiger partial charge is 0.347 e. The summed E-state index contributed by atoms with van der Waals surface area (Å²) in [5.74, 6) is 0.948. The Balaban J connectivity index is 2.27. The van der Waals surface area contributed by atoms with E-state index in [0.717, 1.165) is 5.69 Å². The molecule has 1 aromatic carbocycles. The van der Waals surface area contributed by atoms with Crippen LogP contribution >= 0.6 is 11.6 Å². The molecule has 2 rings (SSSR count). The summed E-state index contributed by atoms with van der Waals surface area (Å²) < 4.78 is 0. The van der Waals surface area contributed by atoms with Gasteiger partial charge in [0.15, 0.2) is 0 Å². The van der Waals surface area contributed by atoms with E-state index in [1.807, 2.05) is 44.4 Å². The van der Waals surface area contributed by atoms with E-state index in [1.54, 1.807) is 4.90 Å². The molecule has 0 amide bonds. The van der Waals surface area contributed by atoms with Crippen molar-refractivity contribution in [3.05, 3.63) is 35.6 Å². The molecule has 88 valence electrons. The fourth-order valence-corrected chi connectivity index (χ4v) is 1.40. The number of hydrogen-bond acceptors (Lipinski definition) is 5. The second-order valence-electron chi connectivity index (χ2n) is 3.61. The quantitative estimate of drug-likeness (QED) is 0.905. The Kier molecular flexibility index (Phi) is 3.39.